The van der Waals surface area contributed by atoms with E-state index >= 15 is 0 Å². The fourth-order valence-electron chi connectivity index (χ4n) is 4.21. The van der Waals surface area contributed by atoms with Gasteiger partial charge in [0.2, 0.25) is 5.91 Å². The summed E-state index contributed by atoms with van der Waals surface area (Å²) in [4.78, 5) is 28.3. The maximum absolute atomic E-state index is 12.9. The van der Waals surface area contributed by atoms with Crippen molar-refractivity contribution in [1.82, 2.24) is 19.6 Å². The number of piperidine rings is 1. The summed E-state index contributed by atoms with van der Waals surface area (Å²) in [7, 11) is 1.83. The largest absolute Gasteiger partial charge is 0.343 e. The number of aryl methyl sites for hydroxylation is 1. The van der Waals surface area contributed by atoms with Gasteiger partial charge in [-0.25, -0.2) is 0 Å². The van der Waals surface area contributed by atoms with Crippen LogP contribution in [0, 0.1) is 5.92 Å². The lowest BCUT2D eigenvalue weighted by molar-refractivity contribution is -0.130. The van der Waals surface area contributed by atoms with Crippen LogP contribution in [0.4, 0.5) is 0 Å². The molecule has 0 unspecified atom stereocenters. The summed E-state index contributed by atoms with van der Waals surface area (Å²) in [5.41, 5.74) is 3.17. The molecule has 154 valence electrons. The van der Waals surface area contributed by atoms with Gasteiger partial charge in [0.1, 0.15) is 0 Å². The second-order valence-electron chi connectivity index (χ2n) is 8.54. The van der Waals surface area contributed by atoms with Crippen LogP contribution in [0.15, 0.2) is 36.7 Å². The number of amides is 2. The van der Waals surface area contributed by atoms with E-state index < -0.39 is 0 Å². The van der Waals surface area contributed by atoms with Gasteiger partial charge in [-0.1, -0.05) is 24.3 Å². The van der Waals surface area contributed by atoms with Crippen LogP contribution >= 0.6 is 0 Å². The Morgan fingerprint density at radius 3 is 2.28 bits per heavy atom. The Hall–Kier alpha value is -2.63. The molecule has 6 nitrogen and oxygen atoms in total. The molecule has 29 heavy (non-hydrogen) atoms. The Labute approximate surface area is 172 Å². The number of hydrogen-bond acceptors (Lipinski definition) is 3. The number of aromatic nitrogens is 2. The normalized spacial score (nSPS) is 17.4. The summed E-state index contributed by atoms with van der Waals surface area (Å²) in [6.07, 6.45) is 8.84. The zero-order valence-corrected chi connectivity index (χ0v) is 17.4. The summed E-state index contributed by atoms with van der Waals surface area (Å²) < 4.78 is 1.67. The summed E-state index contributed by atoms with van der Waals surface area (Å²) in [5, 5.41) is 4.14. The van der Waals surface area contributed by atoms with Gasteiger partial charge in [-0.3, -0.25) is 14.3 Å². The van der Waals surface area contributed by atoms with Crippen LogP contribution in [0.3, 0.4) is 0 Å². The van der Waals surface area contributed by atoms with Crippen LogP contribution in [0.25, 0.3) is 0 Å². The number of rotatable bonds is 6. The number of likely N-dealkylation sites (tertiary alicyclic amines) is 1. The van der Waals surface area contributed by atoms with Crippen molar-refractivity contribution in [2.24, 2.45) is 13.0 Å². The van der Waals surface area contributed by atoms with Gasteiger partial charge in [-0.2, -0.15) is 5.10 Å². The van der Waals surface area contributed by atoms with Crippen LogP contribution in [0.2, 0.25) is 0 Å². The second-order valence-corrected chi connectivity index (χ2v) is 8.54. The molecule has 1 saturated carbocycles. The van der Waals surface area contributed by atoms with Gasteiger partial charge in [0.15, 0.2) is 0 Å². The minimum atomic E-state index is 0.0712. The van der Waals surface area contributed by atoms with Gasteiger partial charge in [-0.15, -0.1) is 0 Å². The number of carbonyl (C=O) groups is 2. The third kappa shape index (κ3) is 4.86. The molecule has 1 aliphatic carbocycles. The first-order valence-electron chi connectivity index (χ1n) is 10.6. The molecule has 0 bridgehead atoms. The van der Waals surface area contributed by atoms with Gasteiger partial charge in [-0.05, 0) is 49.1 Å². The fraction of sp³-hybridized carbons (Fsp3) is 0.522. The Kier molecular flexibility index (Phi) is 5.69. The predicted molar refractivity (Wildman–Crippen MR) is 111 cm³/mol. The maximum Gasteiger partial charge on any atom is 0.257 e. The number of nitrogens with zero attached hydrogens (tertiary/aromatic N) is 4. The molecule has 0 spiro atoms. The van der Waals surface area contributed by atoms with E-state index in [2.05, 4.69) is 29.4 Å². The van der Waals surface area contributed by atoms with Gasteiger partial charge in [0.25, 0.3) is 5.91 Å². The van der Waals surface area contributed by atoms with Crippen molar-refractivity contribution in [3.05, 3.63) is 53.3 Å². The average Bonchev–Trinajstić information content (AvgIpc) is 3.47. The fourth-order valence-corrected chi connectivity index (χ4v) is 4.21. The molecule has 1 saturated heterocycles. The van der Waals surface area contributed by atoms with Gasteiger partial charge >= 0.3 is 0 Å². The van der Waals surface area contributed by atoms with Crippen molar-refractivity contribution in [3.8, 4) is 0 Å². The van der Waals surface area contributed by atoms with E-state index in [1.54, 1.807) is 24.0 Å². The maximum atomic E-state index is 12.9. The first kappa shape index (κ1) is 19.7. The molecule has 1 aromatic carbocycles. The van der Waals surface area contributed by atoms with Crippen molar-refractivity contribution in [2.75, 3.05) is 13.1 Å². The molecule has 1 aliphatic heterocycles. The molecule has 0 radical (unpaired) electrons. The predicted octanol–water partition coefficient (Wildman–Crippen LogP) is 3.03. The van der Waals surface area contributed by atoms with E-state index in [1.165, 1.54) is 11.1 Å². The van der Waals surface area contributed by atoms with Crippen molar-refractivity contribution in [2.45, 2.75) is 51.6 Å². The molecule has 2 aromatic rings. The van der Waals surface area contributed by atoms with Crippen molar-refractivity contribution < 1.29 is 9.59 Å². The Bertz CT molecular complexity index is 861. The minimum Gasteiger partial charge on any atom is -0.343 e. The van der Waals surface area contributed by atoms with E-state index in [1.807, 2.05) is 16.8 Å². The third-order valence-electron chi connectivity index (χ3n) is 6.16. The topological polar surface area (TPSA) is 58.4 Å². The van der Waals surface area contributed by atoms with Crippen LogP contribution in [-0.2, 0) is 24.8 Å². The Balaban J connectivity index is 1.35. The van der Waals surface area contributed by atoms with E-state index in [0.717, 1.165) is 45.2 Å². The number of carbonyl (C=O) groups excluding carboxylic acids is 2. The van der Waals surface area contributed by atoms with Crippen LogP contribution in [-0.4, -0.2) is 50.5 Å². The highest BCUT2D eigenvalue weighted by atomic mass is 16.2. The molecule has 0 atom stereocenters. The molecule has 4 rings (SSSR count). The van der Waals surface area contributed by atoms with Crippen molar-refractivity contribution in [3.63, 3.8) is 0 Å². The van der Waals surface area contributed by atoms with Crippen LogP contribution < -0.4 is 0 Å². The molecular formula is C23H30N4O2. The molecule has 2 heterocycles. The first-order valence-corrected chi connectivity index (χ1v) is 10.6. The first-order chi connectivity index (χ1) is 14.0. The smallest absolute Gasteiger partial charge is 0.257 e. The monoisotopic (exact) mass is 394 g/mol. The average molecular weight is 395 g/mol. The van der Waals surface area contributed by atoms with Gasteiger partial charge in [0, 0.05) is 45.8 Å². The molecule has 0 N–H and O–H groups in total. The lowest BCUT2D eigenvalue weighted by Crippen LogP contribution is -2.37. The summed E-state index contributed by atoms with van der Waals surface area (Å²) >= 11 is 0. The van der Waals surface area contributed by atoms with Crippen LogP contribution in [0.5, 0.6) is 0 Å². The highest BCUT2D eigenvalue weighted by Gasteiger charge is 2.33. The molecule has 2 amide bonds. The third-order valence-corrected chi connectivity index (χ3v) is 6.16. The Morgan fingerprint density at radius 1 is 1.07 bits per heavy atom. The summed E-state index contributed by atoms with van der Waals surface area (Å²) in [5.74, 6) is 0.905. The van der Waals surface area contributed by atoms with Crippen molar-refractivity contribution >= 4 is 11.8 Å². The zero-order valence-electron chi connectivity index (χ0n) is 17.4. The van der Waals surface area contributed by atoms with E-state index in [4.69, 9.17) is 0 Å². The van der Waals surface area contributed by atoms with Crippen molar-refractivity contribution in [1.29, 1.82) is 0 Å². The minimum absolute atomic E-state index is 0.0712. The quantitative estimate of drug-likeness (QED) is 0.757. The number of hydrogen-bond donors (Lipinski definition) is 0. The zero-order chi connectivity index (χ0) is 20.4. The summed E-state index contributed by atoms with van der Waals surface area (Å²) in [6.45, 7) is 4.06. The standard InChI is InChI=1S/C23H30N4O2/c1-17(28)26-11-9-19(10-12-26)13-18-3-5-20(6-4-18)15-27(22-7-8-22)23(29)21-14-24-25(2)16-21/h3-6,14,16,19,22H,7-13,15H2,1-2H3. The lowest BCUT2D eigenvalue weighted by Gasteiger charge is -2.31. The summed E-state index contributed by atoms with van der Waals surface area (Å²) in [6, 6.07) is 9.07. The van der Waals surface area contributed by atoms with Gasteiger partial charge < -0.3 is 9.80 Å². The molecule has 2 aliphatic rings. The van der Waals surface area contributed by atoms with Crippen LogP contribution in [0.1, 0.15) is 54.1 Å². The molecule has 1 aromatic heterocycles. The van der Waals surface area contributed by atoms with Gasteiger partial charge in [0.05, 0.1) is 11.8 Å². The highest BCUT2D eigenvalue weighted by molar-refractivity contribution is 5.94. The second kappa shape index (κ2) is 8.39. The number of benzene rings is 1. The molecule has 6 heteroatoms. The molecular weight excluding hydrogens is 364 g/mol. The highest BCUT2D eigenvalue weighted by Crippen LogP contribution is 2.30. The molecule has 2 fully saturated rings. The SMILES string of the molecule is CC(=O)N1CCC(Cc2ccc(CN(C(=O)c3cnn(C)c3)C3CC3)cc2)CC1. The van der Waals surface area contributed by atoms with E-state index in [9.17, 15) is 9.59 Å². The lowest BCUT2D eigenvalue weighted by atomic mass is 9.90. The Morgan fingerprint density at radius 2 is 1.72 bits per heavy atom. The van der Waals surface area contributed by atoms with E-state index in [-0.39, 0.29) is 11.8 Å². The van der Waals surface area contributed by atoms with E-state index in [0.29, 0.717) is 24.1 Å².